The minimum atomic E-state index is -1.62. The molecule has 0 spiro atoms. The normalized spacial score (nSPS) is 16.1. The number of anilines is 1. The maximum absolute atomic E-state index is 13.7. The van der Waals surface area contributed by atoms with Crippen LogP contribution < -0.4 is 26.0 Å². The number of rotatable bonds is 13. The van der Waals surface area contributed by atoms with Crippen molar-refractivity contribution in [2.24, 2.45) is 11.1 Å². The minimum Gasteiger partial charge on any atom is -0.618 e. The molecule has 0 unspecified atom stereocenters. The van der Waals surface area contributed by atoms with Crippen molar-refractivity contribution in [1.29, 1.82) is 0 Å². The van der Waals surface area contributed by atoms with Crippen molar-refractivity contribution >= 4 is 52.0 Å². The highest BCUT2D eigenvalue weighted by Crippen LogP contribution is 2.25. The average molecular weight is 771 g/mol. The SMILES string of the molecule is Cc1cc(-c2cc(CNC(=O)NC[C@H]3NC(=O)[C@H]3CC(=O)/C(=N\OC(C)(C)C(=O)OC(C)(C)C)c3csc(NC(=O)OC(C)(C)C)n3)on2)[n+]([O-])cc1C. The third-order valence-electron chi connectivity index (χ3n) is 7.68. The summed E-state index contributed by atoms with van der Waals surface area (Å²) in [7, 11) is 0. The molecule has 0 aromatic carbocycles. The van der Waals surface area contributed by atoms with Crippen LogP contribution in [-0.4, -0.2) is 75.0 Å². The predicted molar refractivity (Wildman–Crippen MR) is 195 cm³/mol. The summed E-state index contributed by atoms with van der Waals surface area (Å²) in [6, 6.07) is 2.05. The largest absolute Gasteiger partial charge is 0.618 e. The van der Waals surface area contributed by atoms with E-state index in [9.17, 15) is 29.2 Å². The summed E-state index contributed by atoms with van der Waals surface area (Å²) in [6.45, 7) is 16.6. The van der Waals surface area contributed by atoms with Crippen molar-refractivity contribution in [2.45, 2.75) is 105 Å². The third-order valence-corrected chi connectivity index (χ3v) is 8.44. The summed E-state index contributed by atoms with van der Waals surface area (Å²) < 4.78 is 16.7. The lowest BCUT2D eigenvalue weighted by Crippen LogP contribution is -2.63. The Morgan fingerprint density at radius 2 is 1.70 bits per heavy atom. The fourth-order valence-electron chi connectivity index (χ4n) is 4.74. The number of hydrogen-bond acceptors (Lipinski definition) is 14. The first-order valence-corrected chi connectivity index (χ1v) is 17.9. The molecule has 0 bridgehead atoms. The topological polar surface area (TPSA) is 239 Å². The number of amides is 4. The molecule has 1 aliphatic heterocycles. The first kappa shape index (κ1) is 41.2. The van der Waals surface area contributed by atoms with Crippen molar-refractivity contribution in [3.63, 3.8) is 0 Å². The van der Waals surface area contributed by atoms with Gasteiger partial charge in [-0.25, -0.2) is 19.4 Å². The molecule has 4 rings (SSSR count). The number of β-lactam (4-membered cyclic amide) rings is 1. The monoisotopic (exact) mass is 770 g/mol. The number of hydrogen-bond donors (Lipinski definition) is 4. The number of carbonyl (C=O) groups excluding carboxylic acids is 5. The lowest BCUT2D eigenvalue weighted by atomic mass is 9.85. The molecular weight excluding hydrogens is 724 g/mol. The smallest absolute Gasteiger partial charge is 0.413 e. The van der Waals surface area contributed by atoms with Gasteiger partial charge in [0.15, 0.2) is 34.3 Å². The van der Waals surface area contributed by atoms with E-state index in [1.165, 1.54) is 25.4 Å². The molecule has 4 heterocycles. The zero-order valence-corrected chi connectivity index (χ0v) is 32.7. The van der Waals surface area contributed by atoms with E-state index in [2.05, 4.69) is 36.6 Å². The number of aromatic nitrogens is 3. The first-order valence-electron chi connectivity index (χ1n) is 17.0. The highest BCUT2D eigenvalue weighted by molar-refractivity contribution is 7.14. The van der Waals surface area contributed by atoms with Gasteiger partial charge < -0.3 is 40.0 Å². The van der Waals surface area contributed by atoms with Crippen LogP contribution in [0.1, 0.15) is 84.4 Å². The summed E-state index contributed by atoms with van der Waals surface area (Å²) >= 11 is 0.990. The Morgan fingerprint density at radius 1 is 1.02 bits per heavy atom. The van der Waals surface area contributed by atoms with Crippen LogP contribution in [0.2, 0.25) is 0 Å². The van der Waals surface area contributed by atoms with Gasteiger partial charge in [0.05, 0.1) is 18.5 Å². The van der Waals surface area contributed by atoms with Gasteiger partial charge in [0, 0.05) is 36.0 Å². The molecule has 18 nitrogen and oxygen atoms in total. The summed E-state index contributed by atoms with van der Waals surface area (Å²) in [5, 5.41) is 32.3. The molecule has 54 heavy (non-hydrogen) atoms. The van der Waals surface area contributed by atoms with Gasteiger partial charge in [0.25, 0.3) is 0 Å². The molecule has 3 aromatic rings. The maximum Gasteiger partial charge on any atom is 0.413 e. The molecule has 0 aliphatic carbocycles. The van der Waals surface area contributed by atoms with Gasteiger partial charge in [-0.15, -0.1) is 11.3 Å². The Morgan fingerprint density at radius 3 is 2.35 bits per heavy atom. The van der Waals surface area contributed by atoms with Gasteiger partial charge >= 0.3 is 18.1 Å². The molecule has 1 fully saturated rings. The van der Waals surface area contributed by atoms with E-state index in [4.69, 9.17) is 18.8 Å². The van der Waals surface area contributed by atoms with Crippen molar-refractivity contribution in [2.75, 3.05) is 11.9 Å². The van der Waals surface area contributed by atoms with E-state index < -0.39 is 58.5 Å². The Hall–Kier alpha value is -5.59. The standard InChI is InChI=1S/C35H46N8O10S/c1-18-11-25(43(49)16-19(18)2)22-12-20(52-41-22)14-36-30(47)37-15-23-21(28(45)38-23)13-26(44)27(42-53-35(9,10)29(46)50-33(3,4)5)24-17-54-31(39-24)40-32(48)51-34(6,7)8/h11-12,16-17,21,23H,13-15H2,1-10H3,(H,38,45)(H2,36,37,47)(H,39,40,48)/b42-27-/t21-,23+/m0/s1. The van der Waals surface area contributed by atoms with E-state index in [0.717, 1.165) is 22.5 Å². The Balaban J connectivity index is 1.40. The summed E-state index contributed by atoms with van der Waals surface area (Å²) in [5.41, 5.74) is -1.15. The number of ketones is 1. The maximum atomic E-state index is 13.7. The molecule has 2 atom stereocenters. The number of thiazole rings is 1. The predicted octanol–water partition coefficient (Wildman–Crippen LogP) is 3.81. The highest BCUT2D eigenvalue weighted by atomic mass is 32.1. The molecule has 1 saturated heterocycles. The lowest BCUT2D eigenvalue weighted by Gasteiger charge is -2.36. The van der Waals surface area contributed by atoms with Crippen molar-refractivity contribution in [1.82, 2.24) is 26.1 Å². The molecule has 0 radical (unpaired) electrons. The zero-order valence-electron chi connectivity index (χ0n) is 31.9. The number of oxime groups is 1. The Bertz CT molecular complexity index is 1940. The van der Waals surface area contributed by atoms with E-state index in [1.54, 1.807) is 53.7 Å². The van der Waals surface area contributed by atoms with Crippen LogP contribution in [0.4, 0.5) is 14.7 Å². The van der Waals surface area contributed by atoms with E-state index in [1.807, 2.05) is 13.8 Å². The van der Waals surface area contributed by atoms with Gasteiger partial charge in [0.2, 0.25) is 17.2 Å². The number of aryl methyl sites for hydroxylation is 2. The summed E-state index contributed by atoms with van der Waals surface area (Å²) in [4.78, 5) is 74.0. The van der Waals surface area contributed by atoms with Crippen LogP contribution in [-0.2, 0) is 35.2 Å². The van der Waals surface area contributed by atoms with Gasteiger partial charge in [-0.05, 0) is 74.8 Å². The fourth-order valence-corrected chi connectivity index (χ4v) is 5.42. The number of pyridine rings is 1. The van der Waals surface area contributed by atoms with Crippen LogP contribution in [0.25, 0.3) is 11.4 Å². The van der Waals surface area contributed by atoms with Crippen LogP contribution in [0, 0.1) is 25.0 Å². The zero-order chi connectivity index (χ0) is 40.2. The van der Waals surface area contributed by atoms with Crippen LogP contribution in [0.15, 0.2) is 33.4 Å². The first-order chi connectivity index (χ1) is 25.0. The van der Waals surface area contributed by atoms with Gasteiger partial charge in [-0.1, -0.05) is 10.3 Å². The molecule has 1 aliphatic rings. The van der Waals surface area contributed by atoms with Gasteiger partial charge in [-0.2, -0.15) is 4.73 Å². The second-order valence-electron chi connectivity index (χ2n) is 15.1. The highest BCUT2D eigenvalue weighted by Gasteiger charge is 2.42. The molecule has 4 N–H and O–H groups in total. The van der Waals surface area contributed by atoms with Crippen molar-refractivity contribution < 1.29 is 47.5 Å². The number of esters is 1. The molecule has 3 aromatic heterocycles. The number of nitrogens with one attached hydrogen (secondary N) is 4. The van der Waals surface area contributed by atoms with E-state index in [-0.39, 0.29) is 36.0 Å². The minimum absolute atomic E-state index is 0.0167. The number of ether oxygens (including phenoxy) is 2. The summed E-state index contributed by atoms with van der Waals surface area (Å²) in [6.07, 6.45) is 0.335. The Kier molecular flexibility index (Phi) is 12.3. The molecule has 0 saturated carbocycles. The van der Waals surface area contributed by atoms with Crippen LogP contribution >= 0.6 is 11.3 Å². The Labute approximate surface area is 315 Å². The second kappa shape index (κ2) is 16.2. The molecular formula is C35H46N8O10S. The van der Waals surface area contributed by atoms with Crippen molar-refractivity contribution in [3.05, 3.63) is 51.5 Å². The van der Waals surface area contributed by atoms with Crippen molar-refractivity contribution in [3.8, 4) is 11.4 Å². The second-order valence-corrected chi connectivity index (χ2v) is 16.0. The molecule has 292 valence electrons. The van der Waals surface area contributed by atoms with Crippen LogP contribution in [0.3, 0.4) is 0 Å². The number of nitrogens with zero attached hydrogens (tertiary/aromatic N) is 4. The fraction of sp³-hybridized carbons (Fsp3) is 0.514. The number of carbonyl (C=O) groups is 5. The van der Waals surface area contributed by atoms with Gasteiger partial charge in [-0.3, -0.25) is 14.9 Å². The quantitative estimate of drug-likeness (QED) is 0.0485. The molecule has 4 amide bonds. The molecule has 19 heteroatoms. The van der Waals surface area contributed by atoms with Gasteiger partial charge in [0.1, 0.15) is 16.9 Å². The van der Waals surface area contributed by atoms with E-state index in [0.29, 0.717) is 21.9 Å². The number of Topliss-reactive ketones (excluding diaryl/α,β-unsaturated/α-hetero) is 1. The van der Waals surface area contributed by atoms with Crippen LogP contribution in [0.5, 0.6) is 0 Å². The lowest BCUT2D eigenvalue weighted by molar-refractivity contribution is -0.594. The van der Waals surface area contributed by atoms with E-state index >= 15 is 0 Å². The number of urea groups is 1. The third kappa shape index (κ3) is 11.2. The summed E-state index contributed by atoms with van der Waals surface area (Å²) in [5.74, 6) is -2.36. The average Bonchev–Trinajstić information content (AvgIpc) is 3.70.